The van der Waals surface area contributed by atoms with Gasteiger partial charge in [-0.15, -0.1) is 0 Å². The van der Waals surface area contributed by atoms with Gasteiger partial charge in [0, 0.05) is 18.2 Å². The summed E-state index contributed by atoms with van der Waals surface area (Å²) in [5.74, 6) is 4.29. The van der Waals surface area contributed by atoms with Gasteiger partial charge in [0.1, 0.15) is 11.6 Å². The van der Waals surface area contributed by atoms with Gasteiger partial charge in [-0.05, 0) is 6.07 Å². The number of hydrogen-bond donors (Lipinski definition) is 3. The highest BCUT2D eigenvalue weighted by Crippen LogP contribution is 2.26. The topological polar surface area (TPSA) is 142 Å². The number of nitrogens with one attached hydrogen (secondary N) is 1. The molecule has 0 amide bonds. The van der Waals surface area contributed by atoms with Gasteiger partial charge in [-0.1, -0.05) is 0 Å². The maximum Gasteiger partial charge on any atom is 0.305 e. The summed E-state index contributed by atoms with van der Waals surface area (Å²) in [6, 6.07) is 4.41. The Morgan fingerprint density at radius 1 is 1.35 bits per heavy atom. The quantitative estimate of drug-likeness (QED) is 0.430. The molecule has 0 aliphatic rings. The van der Waals surface area contributed by atoms with Gasteiger partial charge in [0.05, 0.1) is 4.92 Å². The molecule has 1 aromatic heterocycles. The number of anilines is 2. The molecular weight excluding hydrogens is 271 g/mol. The van der Waals surface area contributed by atoms with E-state index in [9.17, 15) is 14.5 Å². The van der Waals surface area contributed by atoms with E-state index in [0.717, 1.165) is 12.1 Å². The number of rotatable bonds is 4. The Morgan fingerprint density at radius 3 is 2.70 bits per heavy atom. The summed E-state index contributed by atoms with van der Waals surface area (Å²) in [4.78, 5) is 17.1. The number of aromatic nitrogens is 2. The maximum absolute atomic E-state index is 13.4. The third kappa shape index (κ3) is 2.87. The molecule has 0 aliphatic heterocycles. The second-order valence-electron chi connectivity index (χ2n) is 3.57. The van der Waals surface area contributed by atoms with Crippen LogP contribution in [0.15, 0.2) is 24.3 Å². The van der Waals surface area contributed by atoms with E-state index in [1.807, 2.05) is 0 Å². The standard InChI is InChI=1S/C10H9FN6O3/c11-6-3-5(1-2-7(6)17(18)19)20-9-4-8(16-13)14-10(12)15-9/h1-4H,13H2,(H3,12,14,15,16). The van der Waals surface area contributed by atoms with Crippen LogP contribution in [0.3, 0.4) is 0 Å². The van der Waals surface area contributed by atoms with Crippen molar-refractivity contribution in [3.63, 3.8) is 0 Å². The fraction of sp³-hybridized carbons (Fsp3) is 0. The Morgan fingerprint density at radius 2 is 2.10 bits per heavy atom. The molecule has 2 aromatic rings. The summed E-state index contributed by atoms with van der Waals surface area (Å²) in [5.41, 5.74) is 7.03. The molecule has 0 spiro atoms. The minimum Gasteiger partial charge on any atom is -0.439 e. The fourth-order valence-electron chi connectivity index (χ4n) is 1.39. The number of nitro benzene ring substituents is 1. The summed E-state index contributed by atoms with van der Waals surface area (Å²) in [5, 5.41) is 10.5. The minimum absolute atomic E-state index is 0.0127. The lowest BCUT2D eigenvalue weighted by molar-refractivity contribution is -0.387. The summed E-state index contributed by atoms with van der Waals surface area (Å²) in [6.45, 7) is 0. The number of nitro groups is 1. The average Bonchev–Trinajstić information content (AvgIpc) is 2.37. The largest absolute Gasteiger partial charge is 0.439 e. The second-order valence-corrected chi connectivity index (χ2v) is 3.57. The first kappa shape index (κ1) is 13.4. The maximum atomic E-state index is 13.4. The predicted octanol–water partition coefficient (Wildman–Crippen LogP) is 1.18. The molecule has 0 radical (unpaired) electrons. The van der Waals surface area contributed by atoms with Crippen LogP contribution in [0, 0.1) is 15.9 Å². The van der Waals surface area contributed by atoms with E-state index < -0.39 is 16.4 Å². The molecule has 0 aliphatic carbocycles. The van der Waals surface area contributed by atoms with Crippen LogP contribution in [0.5, 0.6) is 11.6 Å². The second kappa shape index (κ2) is 5.32. The zero-order valence-corrected chi connectivity index (χ0v) is 9.91. The molecule has 0 saturated heterocycles. The first-order valence-corrected chi connectivity index (χ1v) is 5.22. The molecule has 104 valence electrons. The molecule has 5 N–H and O–H groups in total. The van der Waals surface area contributed by atoms with Crippen LogP contribution in [-0.2, 0) is 0 Å². The van der Waals surface area contributed by atoms with Crippen LogP contribution in [-0.4, -0.2) is 14.9 Å². The number of nitrogen functional groups attached to an aromatic ring is 2. The van der Waals surface area contributed by atoms with Crippen molar-refractivity contribution in [3.8, 4) is 11.6 Å². The smallest absolute Gasteiger partial charge is 0.305 e. The van der Waals surface area contributed by atoms with E-state index in [0.29, 0.717) is 0 Å². The molecule has 0 atom stereocenters. The Hall–Kier alpha value is -3.01. The van der Waals surface area contributed by atoms with Gasteiger partial charge in [-0.3, -0.25) is 10.1 Å². The van der Waals surface area contributed by atoms with Crippen molar-refractivity contribution < 1.29 is 14.1 Å². The molecule has 0 bridgehead atoms. The number of benzene rings is 1. The van der Waals surface area contributed by atoms with Gasteiger partial charge < -0.3 is 15.9 Å². The molecule has 2 rings (SSSR count). The predicted molar refractivity (Wildman–Crippen MR) is 67.4 cm³/mol. The van der Waals surface area contributed by atoms with E-state index in [1.54, 1.807) is 0 Å². The van der Waals surface area contributed by atoms with Gasteiger partial charge in [-0.2, -0.15) is 14.4 Å². The number of halogens is 1. The highest BCUT2D eigenvalue weighted by Gasteiger charge is 2.15. The number of nitrogens with two attached hydrogens (primary N) is 2. The first-order chi connectivity index (χ1) is 9.49. The normalized spacial score (nSPS) is 10.1. The number of hydrazine groups is 1. The van der Waals surface area contributed by atoms with Gasteiger partial charge in [-0.25, -0.2) is 5.84 Å². The van der Waals surface area contributed by atoms with Gasteiger partial charge in [0.15, 0.2) is 0 Å². The highest BCUT2D eigenvalue weighted by atomic mass is 19.1. The number of ether oxygens (including phenoxy) is 1. The molecular formula is C10H9FN6O3. The zero-order chi connectivity index (χ0) is 14.7. The van der Waals surface area contributed by atoms with Crippen LogP contribution in [0.25, 0.3) is 0 Å². The Kier molecular flexibility index (Phi) is 3.57. The van der Waals surface area contributed by atoms with Crippen LogP contribution >= 0.6 is 0 Å². The Labute approximate surface area is 111 Å². The monoisotopic (exact) mass is 280 g/mol. The van der Waals surface area contributed by atoms with E-state index in [1.165, 1.54) is 12.1 Å². The van der Waals surface area contributed by atoms with Gasteiger partial charge >= 0.3 is 5.69 Å². The molecule has 10 heteroatoms. The van der Waals surface area contributed by atoms with E-state index in [4.69, 9.17) is 16.3 Å². The van der Waals surface area contributed by atoms with Crippen molar-refractivity contribution in [2.75, 3.05) is 11.2 Å². The highest BCUT2D eigenvalue weighted by molar-refractivity contribution is 5.44. The lowest BCUT2D eigenvalue weighted by Crippen LogP contribution is -2.10. The minimum atomic E-state index is -1.02. The van der Waals surface area contributed by atoms with Crippen LogP contribution < -0.4 is 21.7 Å². The molecule has 0 unspecified atom stereocenters. The number of hydrogen-bond acceptors (Lipinski definition) is 8. The lowest BCUT2D eigenvalue weighted by Gasteiger charge is -2.07. The zero-order valence-electron chi connectivity index (χ0n) is 9.91. The molecule has 0 fully saturated rings. The van der Waals surface area contributed by atoms with E-state index in [2.05, 4.69) is 15.4 Å². The summed E-state index contributed by atoms with van der Waals surface area (Å²) in [6.07, 6.45) is 0. The van der Waals surface area contributed by atoms with Crippen molar-refractivity contribution in [1.82, 2.24) is 9.97 Å². The van der Waals surface area contributed by atoms with Crippen LogP contribution in [0.1, 0.15) is 0 Å². The van der Waals surface area contributed by atoms with Crippen LogP contribution in [0.2, 0.25) is 0 Å². The Balaban J connectivity index is 2.28. The van der Waals surface area contributed by atoms with Gasteiger partial charge in [0.2, 0.25) is 17.6 Å². The Bertz CT molecular complexity index is 665. The molecule has 9 nitrogen and oxygen atoms in total. The summed E-state index contributed by atoms with van der Waals surface area (Å²) < 4.78 is 18.6. The van der Waals surface area contributed by atoms with Crippen molar-refractivity contribution >= 4 is 17.5 Å². The first-order valence-electron chi connectivity index (χ1n) is 5.22. The SMILES string of the molecule is NNc1cc(Oc2ccc([N+](=O)[O-])c(F)c2)nc(N)n1. The molecule has 0 saturated carbocycles. The third-order valence-electron chi connectivity index (χ3n) is 2.21. The van der Waals surface area contributed by atoms with Crippen molar-refractivity contribution in [1.29, 1.82) is 0 Å². The molecule has 1 heterocycles. The fourth-order valence-corrected chi connectivity index (χ4v) is 1.39. The van der Waals surface area contributed by atoms with Crippen molar-refractivity contribution in [2.45, 2.75) is 0 Å². The number of nitrogens with zero attached hydrogens (tertiary/aromatic N) is 3. The van der Waals surface area contributed by atoms with Crippen molar-refractivity contribution in [2.24, 2.45) is 5.84 Å². The van der Waals surface area contributed by atoms with E-state index >= 15 is 0 Å². The molecule has 20 heavy (non-hydrogen) atoms. The van der Waals surface area contributed by atoms with Gasteiger partial charge in [0.25, 0.3) is 0 Å². The summed E-state index contributed by atoms with van der Waals surface area (Å²) in [7, 11) is 0. The average molecular weight is 280 g/mol. The molecule has 1 aromatic carbocycles. The van der Waals surface area contributed by atoms with Crippen molar-refractivity contribution in [3.05, 3.63) is 40.2 Å². The summed E-state index contributed by atoms with van der Waals surface area (Å²) >= 11 is 0. The lowest BCUT2D eigenvalue weighted by atomic mass is 10.3. The van der Waals surface area contributed by atoms with Crippen LogP contribution in [0.4, 0.5) is 21.8 Å². The third-order valence-corrected chi connectivity index (χ3v) is 2.21. The van der Waals surface area contributed by atoms with E-state index in [-0.39, 0.29) is 23.4 Å².